The summed E-state index contributed by atoms with van der Waals surface area (Å²) in [5.74, 6) is 0.797. The van der Waals surface area contributed by atoms with Crippen molar-refractivity contribution in [2.75, 3.05) is 26.2 Å². The molecule has 2 rings (SSSR count). The molecule has 1 aromatic rings. The molecule has 1 aromatic carbocycles. The second kappa shape index (κ2) is 8.25. The minimum absolute atomic E-state index is 0.0647. The number of benzene rings is 1. The fourth-order valence-corrected chi connectivity index (χ4v) is 2.62. The van der Waals surface area contributed by atoms with Gasteiger partial charge in [0, 0.05) is 30.2 Å². The van der Waals surface area contributed by atoms with Crippen LogP contribution in [0.25, 0.3) is 0 Å². The van der Waals surface area contributed by atoms with Crippen LogP contribution in [0.15, 0.2) is 18.2 Å². The average Bonchev–Trinajstić information content (AvgIpc) is 3.00. The molecule has 1 saturated heterocycles. The highest BCUT2D eigenvalue weighted by molar-refractivity contribution is 6.30. The summed E-state index contributed by atoms with van der Waals surface area (Å²) in [6.45, 7) is 5.57. The van der Waals surface area contributed by atoms with Crippen LogP contribution in [0, 0.1) is 0 Å². The Hall–Kier alpha value is -1.26. The molecule has 0 radical (unpaired) electrons. The highest BCUT2D eigenvalue weighted by Crippen LogP contribution is 2.23. The smallest absolute Gasteiger partial charge is 0.260 e. The van der Waals surface area contributed by atoms with Gasteiger partial charge in [-0.25, -0.2) is 0 Å². The highest BCUT2D eigenvalue weighted by Gasteiger charge is 2.18. The van der Waals surface area contributed by atoms with Crippen molar-refractivity contribution in [2.24, 2.45) is 0 Å². The van der Waals surface area contributed by atoms with Gasteiger partial charge < -0.3 is 15.0 Å². The van der Waals surface area contributed by atoms with Crippen LogP contribution >= 0.6 is 11.6 Å². The van der Waals surface area contributed by atoms with E-state index in [-0.39, 0.29) is 12.5 Å². The number of nitrogens with one attached hydrogen (secondary N) is 1. The lowest BCUT2D eigenvalue weighted by Crippen LogP contribution is -2.32. The van der Waals surface area contributed by atoms with E-state index in [1.54, 1.807) is 6.07 Å². The summed E-state index contributed by atoms with van der Waals surface area (Å²) in [5, 5.41) is 4.01. The number of likely N-dealkylation sites (tertiary alicyclic amines) is 1. The van der Waals surface area contributed by atoms with Crippen molar-refractivity contribution in [3.63, 3.8) is 0 Å². The number of hydrogen-bond acceptors (Lipinski definition) is 3. The largest absolute Gasteiger partial charge is 0.483 e. The van der Waals surface area contributed by atoms with Crippen molar-refractivity contribution in [3.8, 4) is 5.75 Å². The molecule has 1 fully saturated rings. The predicted molar refractivity (Wildman–Crippen MR) is 84.8 cm³/mol. The number of nitrogens with zero attached hydrogens (tertiary/aromatic N) is 1. The lowest BCUT2D eigenvalue weighted by molar-refractivity contribution is -0.132. The normalized spacial score (nSPS) is 14.5. The van der Waals surface area contributed by atoms with Gasteiger partial charge in [0.15, 0.2) is 6.61 Å². The lowest BCUT2D eigenvalue weighted by Gasteiger charge is -2.17. The minimum Gasteiger partial charge on any atom is -0.483 e. The predicted octanol–water partition coefficient (Wildman–Crippen LogP) is 2.84. The maximum atomic E-state index is 12.0. The summed E-state index contributed by atoms with van der Waals surface area (Å²) in [5.41, 5.74) is 0.991. The molecule has 0 aliphatic carbocycles. The van der Waals surface area contributed by atoms with Crippen LogP contribution in [0.1, 0.15) is 31.7 Å². The first-order valence-corrected chi connectivity index (χ1v) is 7.98. The summed E-state index contributed by atoms with van der Waals surface area (Å²) in [6, 6.07) is 5.52. The number of amides is 1. The van der Waals surface area contributed by atoms with Gasteiger partial charge >= 0.3 is 0 Å². The van der Waals surface area contributed by atoms with Gasteiger partial charge in [-0.2, -0.15) is 0 Å². The molecule has 1 N–H and O–H groups in total. The zero-order valence-corrected chi connectivity index (χ0v) is 13.3. The number of halogens is 1. The molecule has 1 aliphatic heterocycles. The van der Waals surface area contributed by atoms with Crippen LogP contribution < -0.4 is 10.1 Å². The van der Waals surface area contributed by atoms with Gasteiger partial charge in [0.25, 0.3) is 5.91 Å². The highest BCUT2D eigenvalue weighted by atomic mass is 35.5. The maximum Gasteiger partial charge on any atom is 0.260 e. The molecular formula is C16H23ClN2O2. The van der Waals surface area contributed by atoms with E-state index >= 15 is 0 Å². The quantitative estimate of drug-likeness (QED) is 0.787. The van der Waals surface area contributed by atoms with Crippen LogP contribution in [-0.4, -0.2) is 37.0 Å². The van der Waals surface area contributed by atoms with Crippen molar-refractivity contribution in [3.05, 3.63) is 28.8 Å². The van der Waals surface area contributed by atoms with E-state index in [4.69, 9.17) is 16.3 Å². The maximum absolute atomic E-state index is 12.0. The van der Waals surface area contributed by atoms with Gasteiger partial charge in [-0.1, -0.05) is 18.5 Å². The summed E-state index contributed by atoms with van der Waals surface area (Å²) < 4.78 is 5.71. The van der Waals surface area contributed by atoms with Gasteiger partial charge in [-0.05, 0) is 44.0 Å². The zero-order valence-electron chi connectivity index (χ0n) is 12.5. The monoisotopic (exact) mass is 310 g/mol. The Bertz CT molecular complexity index is 473. The fraction of sp³-hybridized carbons (Fsp3) is 0.562. The van der Waals surface area contributed by atoms with Crippen LogP contribution in [0.4, 0.5) is 0 Å². The van der Waals surface area contributed by atoms with Crippen LogP contribution in [0.5, 0.6) is 5.75 Å². The zero-order chi connectivity index (χ0) is 15.1. The fourth-order valence-electron chi connectivity index (χ4n) is 2.42. The van der Waals surface area contributed by atoms with Crippen molar-refractivity contribution in [1.29, 1.82) is 0 Å². The molecule has 21 heavy (non-hydrogen) atoms. The van der Waals surface area contributed by atoms with Gasteiger partial charge in [-0.15, -0.1) is 0 Å². The minimum atomic E-state index is 0.0647. The van der Waals surface area contributed by atoms with Crippen molar-refractivity contribution < 1.29 is 9.53 Å². The van der Waals surface area contributed by atoms with Crippen molar-refractivity contribution >= 4 is 17.5 Å². The third-order valence-electron chi connectivity index (χ3n) is 3.57. The second-order valence-electron chi connectivity index (χ2n) is 5.31. The van der Waals surface area contributed by atoms with E-state index < -0.39 is 0 Å². The van der Waals surface area contributed by atoms with E-state index in [0.29, 0.717) is 11.6 Å². The lowest BCUT2D eigenvalue weighted by atomic mass is 10.2. The first kappa shape index (κ1) is 16.1. The Morgan fingerprint density at radius 2 is 2.14 bits per heavy atom. The van der Waals surface area contributed by atoms with Gasteiger partial charge in [0.05, 0.1) is 0 Å². The number of rotatable bonds is 7. The van der Waals surface area contributed by atoms with E-state index in [9.17, 15) is 4.79 Å². The summed E-state index contributed by atoms with van der Waals surface area (Å²) in [4.78, 5) is 13.9. The molecule has 5 heteroatoms. The van der Waals surface area contributed by atoms with Gasteiger partial charge in [0.1, 0.15) is 5.75 Å². The van der Waals surface area contributed by atoms with Crippen LogP contribution in [-0.2, 0) is 11.3 Å². The molecule has 0 aromatic heterocycles. The Labute approximate surface area is 131 Å². The average molecular weight is 311 g/mol. The Balaban J connectivity index is 1.93. The molecule has 0 saturated carbocycles. The summed E-state index contributed by atoms with van der Waals surface area (Å²) >= 11 is 6.04. The topological polar surface area (TPSA) is 41.6 Å². The summed E-state index contributed by atoms with van der Waals surface area (Å²) in [6.07, 6.45) is 3.27. The van der Waals surface area contributed by atoms with Crippen molar-refractivity contribution in [1.82, 2.24) is 10.2 Å². The summed E-state index contributed by atoms with van der Waals surface area (Å²) in [7, 11) is 0. The first-order valence-electron chi connectivity index (χ1n) is 7.60. The number of ether oxygens (including phenoxy) is 1. The van der Waals surface area contributed by atoms with E-state index in [1.165, 1.54) is 0 Å². The molecule has 1 amide bonds. The van der Waals surface area contributed by atoms with Gasteiger partial charge in [0.2, 0.25) is 0 Å². The SMILES string of the molecule is CCCNCc1cc(Cl)ccc1OCC(=O)N1CCCC1. The van der Waals surface area contributed by atoms with Crippen LogP contribution in [0.2, 0.25) is 5.02 Å². The third kappa shape index (κ3) is 4.90. The third-order valence-corrected chi connectivity index (χ3v) is 3.81. The first-order chi connectivity index (χ1) is 10.2. The number of carbonyl (C=O) groups is 1. The molecule has 116 valence electrons. The molecule has 1 heterocycles. The molecule has 0 atom stereocenters. The van der Waals surface area contributed by atoms with E-state index in [0.717, 1.165) is 50.2 Å². The van der Waals surface area contributed by atoms with Gasteiger partial charge in [-0.3, -0.25) is 4.79 Å². The number of hydrogen-bond donors (Lipinski definition) is 1. The standard InChI is InChI=1S/C16H23ClN2O2/c1-2-7-18-11-13-10-14(17)5-6-15(13)21-12-16(20)19-8-3-4-9-19/h5-6,10,18H,2-4,7-9,11-12H2,1H3. The number of carbonyl (C=O) groups excluding carboxylic acids is 1. The molecule has 0 spiro atoms. The van der Waals surface area contributed by atoms with E-state index in [2.05, 4.69) is 12.2 Å². The molecule has 0 bridgehead atoms. The van der Waals surface area contributed by atoms with Crippen LogP contribution in [0.3, 0.4) is 0 Å². The van der Waals surface area contributed by atoms with Crippen molar-refractivity contribution in [2.45, 2.75) is 32.7 Å². The Kier molecular flexibility index (Phi) is 6.33. The Morgan fingerprint density at radius 3 is 2.86 bits per heavy atom. The molecular weight excluding hydrogens is 288 g/mol. The Morgan fingerprint density at radius 1 is 1.38 bits per heavy atom. The molecule has 0 unspecified atom stereocenters. The molecule has 1 aliphatic rings. The second-order valence-corrected chi connectivity index (χ2v) is 5.74. The van der Waals surface area contributed by atoms with E-state index in [1.807, 2.05) is 17.0 Å². The molecule has 4 nitrogen and oxygen atoms in total.